The van der Waals surface area contributed by atoms with Gasteiger partial charge in [-0.25, -0.2) is 0 Å². The molecule has 1 rings (SSSR count). The van der Waals surface area contributed by atoms with Crippen molar-refractivity contribution in [2.75, 3.05) is 12.9 Å². The van der Waals surface area contributed by atoms with Crippen LogP contribution in [0.5, 0.6) is 0 Å². The van der Waals surface area contributed by atoms with Crippen LogP contribution in [0.4, 0.5) is 0 Å². The maximum absolute atomic E-state index is 11.2. The van der Waals surface area contributed by atoms with E-state index < -0.39 is 0 Å². The fraction of sp³-hybridized carbons (Fsp3) is 0.889. The van der Waals surface area contributed by atoms with E-state index in [9.17, 15) is 4.79 Å². The second kappa shape index (κ2) is 5.83. The molecule has 0 bridgehead atoms. The summed E-state index contributed by atoms with van der Waals surface area (Å²) in [5.74, 6) is 0.685. The lowest BCUT2D eigenvalue weighted by Crippen LogP contribution is -2.44. The third-order valence-corrected chi connectivity index (χ3v) is 4.34. The maximum atomic E-state index is 11.2. The number of ether oxygens (including phenoxy) is 1. The quantitative estimate of drug-likeness (QED) is 0.763. The van der Waals surface area contributed by atoms with Crippen LogP contribution in [-0.4, -0.2) is 29.7 Å². The lowest BCUT2D eigenvalue weighted by molar-refractivity contribution is -0.142. The standard InChI is InChI=1S/C9H17NO2S.ClH/c1-4-9(5-2)10-7(6-13-9)8(11)12-3;/h7,10H,4-6H2,1-3H3;1H. The minimum Gasteiger partial charge on any atom is -0.468 e. The minimum atomic E-state index is -0.142. The first-order valence-electron chi connectivity index (χ1n) is 4.67. The number of hydrogen-bond donors (Lipinski definition) is 1. The van der Waals surface area contributed by atoms with Gasteiger partial charge in [0.25, 0.3) is 0 Å². The molecule has 1 aliphatic rings. The Balaban J connectivity index is 0.00000169. The summed E-state index contributed by atoms with van der Waals surface area (Å²) in [4.78, 5) is 11.3. The molecule has 0 radical (unpaired) electrons. The molecule has 0 aromatic rings. The van der Waals surface area contributed by atoms with E-state index in [-0.39, 0.29) is 29.3 Å². The summed E-state index contributed by atoms with van der Waals surface area (Å²) in [6.07, 6.45) is 2.09. The highest BCUT2D eigenvalue weighted by Crippen LogP contribution is 2.36. The van der Waals surface area contributed by atoms with Crippen LogP contribution in [0.1, 0.15) is 26.7 Å². The third kappa shape index (κ3) is 2.78. The van der Waals surface area contributed by atoms with Crippen molar-refractivity contribution in [1.82, 2.24) is 5.32 Å². The molecule has 5 heteroatoms. The van der Waals surface area contributed by atoms with E-state index in [2.05, 4.69) is 19.2 Å². The van der Waals surface area contributed by atoms with E-state index in [4.69, 9.17) is 4.74 Å². The predicted molar refractivity (Wildman–Crippen MR) is 62.0 cm³/mol. The third-order valence-electron chi connectivity index (χ3n) is 2.59. The molecule has 3 nitrogen and oxygen atoms in total. The van der Waals surface area contributed by atoms with Crippen LogP contribution in [0.25, 0.3) is 0 Å². The summed E-state index contributed by atoms with van der Waals surface area (Å²) < 4.78 is 4.70. The van der Waals surface area contributed by atoms with E-state index in [1.807, 2.05) is 11.8 Å². The summed E-state index contributed by atoms with van der Waals surface area (Å²) in [6, 6.07) is -0.116. The van der Waals surface area contributed by atoms with Crippen LogP contribution in [0.2, 0.25) is 0 Å². The van der Waals surface area contributed by atoms with Gasteiger partial charge in [-0.1, -0.05) is 13.8 Å². The average molecular weight is 240 g/mol. The zero-order chi connectivity index (χ0) is 9.90. The molecular formula is C9H18ClNO2S. The van der Waals surface area contributed by atoms with Crippen molar-refractivity contribution < 1.29 is 9.53 Å². The van der Waals surface area contributed by atoms with Gasteiger partial charge in [0, 0.05) is 5.75 Å². The van der Waals surface area contributed by atoms with Crippen LogP contribution in [-0.2, 0) is 9.53 Å². The fourth-order valence-electron chi connectivity index (χ4n) is 1.57. The van der Waals surface area contributed by atoms with Gasteiger partial charge in [0.2, 0.25) is 0 Å². The molecule has 1 saturated heterocycles. The van der Waals surface area contributed by atoms with Crippen LogP contribution in [0.15, 0.2) is 0 Å². The number of halogens is 1. The number of esters is 1. The number of thioether (sulfide) groups is 1. The molecule has 84 valence electrons. The van der Waals surface area contributed by atoms with Crippen LogP contribution in [0.3, 0.4) is 0 Å². The molecule has 1 heterocycles. The van der Waals surface area contributed by atoms with E-state index >= 15 is 0 Å². The molecule has 0 aromatic heterocycles. The van der Waals surface area contributed by atoms with Gasteiger partial charge >= 0.3 is 5.97 Å². The van der Waals surface area contributed by atoms with Gasteiger partial charge < -0.3 is 4.74 Å². The second-order valence-electron chi connectivity index (χ2n) is 3.23. The van der Waals surface area contributed by atoms with E-state index in [1.54, 1.807) is 0 Å². The molecule has 1 N–H and O–H groups in total. The average Bonchev–Trinajstić information content (AvgIpc) is 2.61. The van der Waals surface area contributed by atoms with Crippen LogP contribution in [0, 0.1) is 0 Å². The summed E-state index contributed by atoms with van der Waals surface area (Å²) >= 11 is 1.83. The summed E-state index contributed by atoms with van der Waals surface area (Å²) in [5.41, 5.74) is 0. The Labute approximate surface area is 95.8 Å². The van der Waals surface area contributed by atoms with Gasteiger partial charge in [0.1, 0.15) is 6.04 Å². The predicted octanol–water partition coefficient (Wildman–Crippen LogP) is 1.80. The van der Waals surface area contributed by atoms with Crippen LogP contribution >= 0.6 is 24.2 Å². The fourth-order valence-corrected chi connectivity index (χ4v) is 2.91. The first kappa shape index (κ1) is 14.1. The zero-order valence-electron chi connectivity index (χ0n) is 8.83. The van der Waals surface area contributed by atoms with Crippen molar-refractivity contribution in [3.8, 4) is 0 Å². The molecule has 0 saturated carbocycles. The van der Waals surface area contributed by atoms with Crippen molar-refractivity contribution in [3.63, 3.8) is 0 Å². The van der Waals surface area contributed by atoms with Crippen molar-refractivity contribution in [1.29, 1.82) is 0 Å². The normalized spacial score (nSPS) is 24.1. The Morgan fingerprint density at radius 2 is 2.14 bits per heavy atom. The van der Waals surface area contributed by atoms with E-state index in [0.29, 0.717) is 0 Å². The first-order valence-corrected chi connectivity index (χ1v) is 5.65. The molecule has 1 aliphatic heterocycles. The number of rotatable bonds is 3. The number of carbonyl (C=O) groups is 1. The molecule has 14 heavy (non-hydrogen) atoms. The van der Waals surface area contributed by atoms with Gasteiger partial charge in [0.05, 0.1) is 12.0 Å². The molecule has 0 aromatic carbocycles. The molecular weight excluding hydrogens is 222 g/mol. The highest BCUT2D eigenvalue weighted by Gasteiger charge is 2.39. The Morgan fingerprint density at radius 3 is 2.50 bits per heavy atom. The molecule has 1 atom stereocenters. The Morgan fingerprint density at radius 1 is 1.57 bits per heavy atom. The number of carbonyl (C=O) groups excluding carboxylic acids is 1. The summed E-state index contributed by atoms with van der Waals surface area (Å²) in [5, 5.41) is 3.34. The summed E-state index contributed by atoms with van der Waals surface area (Å²) in [6.45, 7) is 4.28. The smallest absolute Gasteiger partial charge is 0.323 e. The molecule has 0 spiro atoms. The molecule has 0 amide bonds. The number of methoxy groups -OCH3 is 1. The minimum absolute atomic E-state index is 0. The van der Waals surface area contributed by atoms with E-state index in [0.717, 1.165) is 18.6 Å². The largest absolute Gasteiger partial charge is 0.468 e. The van der Waals surface area contributed by atoms with Gasteiger partial charge in [-0.05, 0) is 12.8 Å². The lowest BCUT2D eigenvalue weighted by Gasteiger charge is -2.26. The van der Waals surface area contributed by atoms with E-state index in [1.165, 1.54) is 7.11 Å². The number of hydrogen-bond acceptors (Lipinski definition) is 4. The van der Waals surface area contributed by atoms with Gasteiger partial charge in [0.15, 0.2) is 0 Å². The van der Waals surface area contributed by atoms with Gasteiger partial charge in [-0.15, -0.1) is 24.2 Å². The summed E-state index contributed by atoms with van der Waals surface area (Å²) in [7, 11) is 1.44. The zero-order valence-corrected chi connectivity index (χ0v) is 10.5. The van der Waals surface area contributed by atoms with Crippen LogP contribution < -0.4 is 5.32 Å². The van der Waals surface area contributed by atoms with Crippen molar-refractivity contribution in [2.45, 2.75) is 37.6 Å². The molecule has 0 aliphatic carbocycles. The SMILES string of the molecule is CCC1(CC)NC(C(=O)OC)CS1.Cl. The highest BCUT2D eigenvalue weighted by atomic mass is 35.5. The van der Waals surface area contributed by atoms with Crippen molar-refractivity contribution in [2.24, 2.45) is 0 Å². The Bertz CT molecular complexity index is 197. The highest BCUT2D eigenvalue weighted by molar-refractivity contribution is 8.00. The monoisotopic (exact) mass is 239 g/mol. The molecule has 1 fully saturated rings. The van der Waals surface area contributed by atoms with Crippen molar-refractivity contribution in [3.05, 3.63) is 0 Å². The Kier molecular flexibility index (Phi) is 5.86. The topological polar surface area (TPSA) is 38.3 Å². The number of nitrogens with one attached hydrogen (secondary N) is 1. The van der Waals surface area contributed by atoms with Crippen molar-refractivity contribution >= 4 is 30.1 Å². The second-order valence-corrected chi connectivity index (χ2v) is 4.64. The van der Waals surface area contributed by atoms with Gasteiger partial charge in [-0.3, -0.25) is 10.1 Å². The lowest BCUT2D eigenvalue weighted by atomic mass is 10.1. The first-order chi connectivity index (χ1) is 6.17. The Hall–Kier alpha value is 0.0700. The van der Waals surface area contributed by atoms with Gasteiger partial charge in [-0.2, -0.15) is 0 Å². The molecule has 1 unspecified atom stereocenters. The maximum Gasteiger partial charge on any atom is 0.323 e.